The van der Waals surface area contributed by atoms with Gasteiger partial charge >= 0.3 is 0 Å². The Morgan fingerprint density at radius 1 is 1.05 bits per heavy atom. The van der Waals surface area contributed by atoms with E-state index in [1.54, 1.807) is 0 Å². The molecule has 0 aliphatic carbocycles. The van der Waals surface area contributed by atoms with E-state index < -0.39 is 0 Å². The number of pyridine rings is 1. The molecule has 0 saturated carbocycles. The zero-order chi connectivity index (χ0) is 14.8. The summed E-state index contributed by atoms with van der Waals surface area (Å²) in [6.07, 6.45) is 3.71. The highest BCUT2D eigenvalue weighted by molar-refractivity contribution is 5.85. The molecule has 1 atom stereocenters. The average molecular weight is 277 g/mol. The Bertz CT molecular complexity index is 755. The summed E-state index contributed by atoms with van der Waals surface area (Å²) in [5, 5.41) is 2.30. The average Bonchev–Trinajstić information content (AvgIpc) is 2.47. The van der Waals surface area contributed by atoms with Crippen molar-refractivity contribution in [3.8, 4) is 0 Å². The molecule has 0 aliphatic rings. The van der Waals surface area contributed by atoms with E-state index in [9.17, 15) is 0 Å². The van der Waals surface area contributed by atoms with Gasteiger partial charge in [0.05, 0.1) is 6.04 Å². The van der Waals surface area contributed by atoms with E-state index >= 15 is 0 Å². The molecule has 0 amide bonds. The fourth-order valence-electron chi connectivity index (χ4n) is 2.93. The quantitative estimate of drug-likeness (QED) is 0.570. The molecular weight excluding hydrogens is 258 g/mol. The molecule has 0 radical (unpaired) electrons. The van der Waals surface area contributed by atoms with E-state index in [1.165, 1.54) is 22.1 Å². The number of aryl methyl sites for hydroxylation is 2. The van der Waals surface area contributed by atoms with Gasteiger partial charge in [-0.1, -0.05) is 47.5 Å². The van der Waals surface area contributed by atoms with Crippen LogP contribution in [0.3, 0.4) is 0 Å². The molecule has 1 heterocycles. The number of rotatable bonds is 3. The molecule has 106 valence electrons. The summed E-state index contributed by atoms with van der Waals surface area (Å²) in [6, 6.07) is 14.7. The summed E-state index contributed by atoms with van der Waals surface area (Å²) in [5.74, 6) is 5.86. The first-order valence-electron chi connectivity index (χ1n) is 7.06. The SMILES string of the molecule is Cc1cc(C)cc(C(NN)c2cccc3ccncc23)c1. The number of benzene rings is 2. The molecule has 1 aromatic heterocycles. The maximum absolute atomic E-state index is 5.86. The van der Waals surface area contributed by atoms with Crippen LogP contribution >= 0.6 is 0 Å². The van der Waals surface area contributed by atoms with Gasteiger partial charge in [-0.3, -0.25) is 10.8 Å². The van der Waals surface area contributed by atoms with Crippen molar-refractivity contribution in [2.24, 2.45) is 5.84 Å². The molecule has 2 aromatic carbocycles. The number of hydrazine groups is 1. The van der Waals surface area contributed by atoms with Crippen molar-refractivity contribution in [3.05, 3.63) is 77.1 Å². The molecule has 21 heavy (non-hydrogen) atoms. The third-order valence-electron chi connectivity index (χ3n) is 3.77. The molecule has 1 unspecified atom stereocenters. The Kier molecular flexibility index (Phi) is 3.69. The molecule has 0 saturated heterocycles. The van der Waals surface area contributed by atoms with Gasteiger partial charge in [0.2, 0.25) is 0 Å². The number of fused-ring (bicyclic) bond motifs is 1. The van der Waals surface area contributed by atoms with Crippen LogP contribution in [-0.2, 0) is 0 Å². The number of hydrogen-bond acceptors (Lipinski definition) is 3. The lowest BCUT2D eigenvalue weighted by atomic mass is 9.93. The van der Waals surface area contributed by atoms with E-state index in [1.807, 2.05) is 18.5 Å². The second kappa shape index (κ2) is 5.64. The maximum Gasteiger partial charge on any atom is 0.0716 e. The Hall–Kier alpha value is -2.23. The summed E-state index contributed by atoms with van der Waals surface area (Å²) >= 11 is 0. The van der Waals surface area contributed by atoms with Gasteiger partial charge in [-0.15, -0.1) is 0 Å². The summed E-state index contributed by atoms with van der Waals surface area (Å²) in [4.78, 5) is 4.25. The lowest BCUT2D eigenvalue weighted by Gasteiger charge is -2.20. The molecule has 3 rings (SSSR count). The van der Waals surface area contributed by atoms with Gasteiger partial charge < -0.3 is 0 Å². The van der Waals surface area contributed by atoms with Crippen LogP contribution in [0.1, 0.15) is 28.3 Å². The zero-order valence-corrected chi connectivity index (χ0v) is 12.3. The Morgan fingerprint density at radius 2 is 1.81 bits per heavy atom. The predicted octanol–water partition coefficient (Wildman–Crippen LogP) is 3.40. The number of hydrogen-bond donors (Lipinski definition) is 2. The number of nitrogens with two attached hydrogens (primary N) is 1. The van der Waals surface area contributed by atoms with Crippen LogP contribution in [0.15, 0.2) is 54.9 Å². The number of nitrogens with one attached hydrogen (secondary N) is 1. The summed E-state index contributed by atoms with van der Waals surface area (Å²) < 4.78 is 0. The second-order valence-corrected chi connectivity index (χ2v) is 5.46. The minimum absolute atomic E-state index is 0.0449. The standard InChI is InChI=1S/C18H19N3/c1-12-8-13(2)10-15(9-12)18(21-19)16-5-3-4-14-6-7-20-11-17(14)16/h3-11,18,21H,19H2,1-2H3. The summed E-state index contributed by atoms with van der Waals surface area (Å²) in [5.41, 5.74) is 7.75. The molecular formula is C18H19N3. The molecule has 3 aromatic rings. The van der Waals surface area contributed by atoms with E-state index in [-0.39, 0.29) is 6.04 Å². The molecule has 0 fully saturated rings. The highest BCUT2D eigenvalue weighted by Gasteiger charge is 2.15. The van der Waals surface area contributed by atoms with Crippen LogP contribution in [0.2, 0.25) is 0 Å². The van der Waals surface area contributed by atoms with Gasteiger partial charge in [0, 0.05) is 17.8 Å². The molecule has 0 bridgehead atoms. The summed E-state index contributed by atoms with van der Waals surface area (Å²) in [7, 11) is 0. The van der Waals surface area contributed by atoms with Crippen LogP contribution in [0.25, 0.3) is 10.8 Å². The van der Waals surface area contributed by atoms with E-state index in [4.69, 9.17) is 5.84 Å². The van der Waals surface area contributed by atoms with Crippen LogP contribution in [0, 0.1) is 13.8 Å². The van der Waals surface area contributed by atoms with Gasteiger partial charge in [-0.25, -0.2) is 5.43 Å². The third kappa shape index (κ3) is 2.66. The minimum atomic E-state index is -0.0449. The van der Waals surface area contributed by atoms with Gasteiger partial charge in [-0.2, -0.15) is 0 Å². The number of aromatic nitrogens is 1. The van der Waals surface area contributed by atoms with Crippen LogP contribution in [0.4, 0.5) is 0 Å². The smallest absolute Gasteiger partial charge is 0.0716 e. The van der Waals surface area contributed by atoms with Gasteiger partial charge in [0.15, 0.2) is 0 Å². The van der Waals surface area contributed by atoms with E-state index in [0.717, 1.165) is 10.9 Å². The first kappa shape index (κ1) is 13.7. The Morgan fingerprint density at radius 3 is 2.52 bits per heavy atom. The van der Waals surface area contributed by atoms with Crippen LogP contribution < -0.4 is 11.3 Å². The predicted molar refractivity (Wildman–Crippen MR) is 86.8 cm³/mol. The number of nitrogens with zero attached hydrogens (tertiary/aromatic N) is 1. The normalized spacial score (nSPS) is 12.5. The Labute approximate surface area is 124 Å². The third-order valence-corrected chi connectivity index (χ3v) is 3.77. The fourth-order valence-corrected chi connectivity index (χ4v) is 2.93. The lowest BCUT2D eigenvalue weighted by Crippen LogP contribution is -2.29. The van der Waals surface area contributed by atoms with Crippen molar-refractivity contribution in [1.29, 1.82) is 0 Å². The largest absolute Gasteiger partial charge is 0.271 e. The van der Waals surface area contributed by atoms with Crippen molar-refractivity contribution in [3.63, 3.8) is 0 Å². The van der Waals surface area contributed by atoms with Gasteiger partial charge in [0.25, 0.3) is 0 Å². The molecule has 0 aliphatic heterocycles. The van der Waals surface area contributed by atoms with Gasteiger partial charge in [-0.05, 0) is 36.4 Å². The lowest BCUT2D eigenvalue weighted by molar-refractivity contribution is 0.640. The maximum atomic E-state index is 5.86. The minimum Gasteiger partial charge on any atom is -0.271 e. The monoisotopic (exact) mass is 277 g/mol. The second-order valence-electron chi connectivity index (χ2n) is 5.46. The van der Waals surface area contributed by atoms with Crippen LogP contribution in [-0.4, -0.2) is 4.98 Å². The Balaban J connectivity index is 2.18. The van der Waals surface area contributed by atoms with Crippen molar-refractivity contribution in [2.75, 3.05) is 0 Å². The highest BCUT2D eigenvalue weighted by Crippen LogP contribution is 2.29. The van der Waals surface area contributed by atoms with Crippen molar-refractivity contribution in [2.45, 2.75) is 19.9 Å². The van der Waals surface area contributed by atoms with E-state index in [2.05, 4.69) is 60.7 Å². The fraction of sp³-hybridized carbons (Fsp3) is 0.167. The molecule has 3 heteroatoms. The highest BCUT2D eigenvalue weighted by atomic mass is 15.2. The summed E-state index contributed by atoms with van der Waals surface area (Å²) in [6.45, 7) is 4.21. The van der Waals surface area contributed by atoms with Crippen molar-refractivity contribution in [1.82, 2.24) is 10.4 Å². The first-order valence-corrected chi connectivity index (χ1v) is 7.06. The molecule has 0 spiro atoms. The molecule has 3 nitrogen and oxygen atoms in total. The zero-order valence-electron chi connectivity index (χ0n) is 12.3. The van der Waals surface area contributed by atoms with Crippen molar-refractivity contribution >= 4 is 10.8 Å². The topological polar surface area (TPSA) is 50.9 Å². The van der Waals surface area contributed by atoms with Crippen molar-refractivity contribution < 1.29 is 0 Å². The van der Waals surface area contributed by atoms with E-state index in [0.29, 0.717) is 0 Å². The van der Waals surface area contributed by atoms with Crippen LogP contribution in [0.5, 0.6) is 0 Å². The molecule has 3 N–H and O–H groups in total. The van der Waals surface area contributed by atoms with Gasteiger partial charge in [0.1, 0.15) is 0 Å². The first-order chi connectivity index (χ1) is 10.2.